The van der Waals surface area contributed by atoms with Crippen LogP contribution in [0.1, 0.15) is 17.4 Å². The van der Waals surface area contributed by atoms with Gasteiger partial charge in [-0.3, -0.25) is 0 Å². The Morgan fingerprint density at radius 3 is 2.75 bits per heavy atom. The van der Waals surface area contributed by atoms with Crippen LogP contribution in [0.3, 0.4) is 0 Å². The van der Waals surface area contributed by atoms with Gasteiger partial charge in [-0.1, -0.05) is 0 Å². The van der Waals surface area contributed by atoms with Crippen LogP contribution in [0.4, 0.5) is 0 Å². The Kier molecular flexibility index (Phi) is 4.59. The number of nitrogens with zero attached hydrogens (tertiary/aromatic N) is 1. The Balaban J connectivity index is 1.52. The average molecular weight is 322 g/mol. The molecule has 2 N–H and O–H groups in total. The molecule has 104 valence electrons. The molecule has 0 aliphatic heterocycles. The lowest BCUT2D eigenvalue weighted by molar-refractivity contribution is 0.174. The molecule has 0 aliphatic rings. The molecule has 0 saturated heterocycles. The summed E-state index contributed by atoms with van der Waals surface area (Å²) >= 11 is 4.94. The number of hydrogen-bond acceptors (Lipinski definition) is 6. The van der Waals surface area contributed by atoms with Crippen LogP contribution in [-0.4, -0.2) is 16.6 Å². The molecule has 0 radical (unpaired) electrons. The SMILES string of the molecule is OC(CNCc1csc(-c2ccsc2)n1)c1ccsc1. The van der Waals surface area contributed by atoms with Crippen LogP contribution in [0.2, 0.25) is 0 Å². The highest BCUT2D eigenvalue weighted by atomic mass is 32.1. The Morgan fingerprint density at radius 2 is 2.00 bits per heavy atom. The van der Waals surface area contributed by atoms with Gasteiger partial charge < -0.3 is 10.4 Å². The van der Waals surface area contributed by atoms with E-state index in [1.165, 1.54) is 5.56 Å². The van der Waals surface area contributed by atoms with Gasteiger partial charge in [0, 0.05) is 29.4 Å². The maximum atomic E-state index is 9.97. The van der Waals surface area contributed by atoms with Gasteiger partial charge in [0.2, 0.25) is 0 Å². The standard InChI is InChI=1S/C14H14N2OS3/c17-13(10-1-3-18-7-10)6-15-5-12-9-20-14(16-12)11-2-4-19-8-11/h1-4,7-9,13,15,17H,5-6H2. The van der Waals surface area contributed by atoms with Gasteiger partial charge in [-0.25, -0.2) is 4.98 Å². The molecule has 20 heavy (non-hydrogen) atoms. The minimum atomic E-state index is -0.448. The fourth-order valence-corrected chi connectivity index (χ4v) is 4.07. The van der Waals surface area contributed by atoms with Gasteiger partial charge in [0.15, 0.2) is 0 Å². The second-order valence-electron chi connectivity index (χ2n) is 4.36. The summed E-state index contributed by atoms with van der Waals surface area (Å²) in [6.07, 6.45) is -0.448. The van der Waals surface area contributed by atoms with Crippen LogP contribution in [0.5, 0.6) is 0 Å². The Bertz CT molecular complexity index is 631. The third kappa shape index (κ3) is 3.34. The first-order valence-electron chi connectivity index (χ1n) is 6.21. The Morgan fingerprint density at radius 1 is 1.15 bits per heavy atom. The molecule has 0 fully saturated rings. The number of hydrogen-bond donors (Lipinski definition) is 2. The van der Waals surface area contributed by atoms with Gasteiger partial charge >= 0.3 is 0 Å². The van der Waals surface area contributed by atoms with E-state index < -0.39 is 6.10 Å². The molecule has 3 aromatic heterocycles. The molecule has 0 aliphatic carbocycles. The van der Waals surface area contributed by atoms with E-state index in [2.05, 4.69) is 32.5 Å². The van der Waals surface area contributed by atoms with E-state index >= 15 is 0 Å². The van der Waals surface area contributed by atoms with E-state index in [-0.39, 0.29) is 0 Å². The predicted octanol–water partition coefficient (Wildman–Crippen LogP) is 3.76. The summed E-state index contributed by atoms with van der Waals surface area (Å²) < 4.78 is 0. The first kappa shape index (κ1) is 13.9. The quantitative estimate of drug-likeness (QED) is 0.726. The first-order chi connectivity index (χ1) is 9.83. The summed E-state index contributed by atoms with van der Waals surface area (Å²) in [5.41, 5.74) is 3.18. The normalized spacial score (nSPS) is 12.7. The molecular weight excluding hydrogens is 308 g/mol. The second kappa shape index (κ2) is 6.60. The van der Waals surface area contributed by atoms with Crippen molar-refractivity contribution in [1.82, 2.24) is 10.3 Å². The predicted molar refractivity (Wildman–Crippen MR) is 86.4 cm³/mol. The zero-order valence-electron chi connectivity index (χ0n) is 10.7. The minimum Gasteiger partial charge on any atom is -0.387 e. The van der Waals surface area contributed by atoms with E-state index in [9.17, 15) is 5.11 Å². The zero-order valence-corrected chi connectivity index (χ0v) is 13.1. The molecule has 1 unspecified atom stereocenters. The van der Waals surface area contributed by atoms with Crippen LogP contribution in [-0.2, 0) is 6.54 Å². The van der Waals surface area contributed by atoms with E-state index in [1.807, 2.05) is 16.8 Å². The van der Waals surface area contributed by atoms with Gasteiger partial charge in [-0.2, -0.15) is 22.7 Å². The summed E-state index contributed by atoms with van der Waals surface area (Å²) in [7, 11) is 0. The van der Waals surface area contributed by atoms with E-state index in [4.69, 9.17) is 0 Å². The summed E-state index contributed by atoms with van der Waals surface area (Å²) in [6, 6.07) is 4.04. The molecule has 0 bridgehead atoms. The number of aliphatic hydroxyl groups is 1. The molecule has 3 rings (SSSR count). The van der Waals surface area contributed by atoms with Gasteiger partial charge in [0.1, 0.15) is 5.01 Å². The maximum Gasteiger partial charge on any atom is 0.124 e. The number of thiophene rings is 2. The van der Waals surface area contributed by atoms with E-state index in [0.29, 0.717) is 13.1 Å². The van der Waals surface area contributed by atoms with E-state index in [0.717, 1.165) is 16.3 Å². The number of nitrogens with one attached hydrogen (secondary N) is 1. The lowest BCUT2D eigenvalue weighted by Gasteiger charge is -2.09. The summed E-state index contributed by atoms with van der Waals surface area (Å²) in [4.78, 5) is 4.60. The van der Waals surface area contributed by atoms with Gasteiger partial charge in [0.05, 0.1) is 11.8 Å². The highest BCUT2D eigenvalue weighted by molar-refractivity contribution is 7.14. The average Bonchev–Trinajstić information content (AvgIpc) is 3.20. The Labute approximate surface area is 129 Å². The number of aromatic nitrogens is 1. The van der Waals surface area contributed by atoms with Crippen molar-refractivity contribution in [2.45, 2.75) is 12.6 Å². The van der Waals surface area contributed by atoms with Crippen molar-refractivity contribution in [1.29, 1.82) is 0 Å². The van der Waals surface area contributed by atoms with Gasteiger partial charge in [-0.15, -0.1) is 11.3 Å². The fraction of sp³-hybridized carbons (Fsp3) is 0.214. The van der Waals surface area contributed by atoms with Crippen molar-refractivity contribution in [2.24, 2.45) is 0 Å². The van der Waals surface area contributed by atoms with Crippen LogP contribution in [0, 0.1) is 0 Å². The number of rotatable bonds is 6. The molecule has 3 aromatic rings. The highest BCUT2D eigenvalue weighted by Gasteiger charge is 2.08. The van der Waals surface area contributed by atoms with Crippen LogP contribution in [0.15, 0.2) is 39.0 Å². The van der Waals surface area contributed by atoms with Crippen molar-refractivity contribution >= 4 is 34.0 Å². The lowest BCUT2D eigenvalue weighted by atomic mass is 10.2. The van der Waals surface area contributed by atoms with Crippen molar-refractivity contribution in [3.63, 3.8) is 0 Å². The topological polar surface area (TPSA) is 45.1 Å². The second-order valence-corrected chi connectivity index (χ2v) is 6.78. The molecule has 0 spiro atoms. The van der Waals surface area contributed by atoms with Gasteiger partial charge in [-0.05, 0) is 33.8 Å². The molecule has 6 heteroatoms. The highest BCUT2D eigenvalue weighted by Crippen LogP contribution is 2.25. The van der Waals surface area contributed by atoms with Crippen molar-refractivity contribution in [3.8, 4) is 10.6 Å². The molecule has 0 saturated carbocycles. The zero-order chi connectivity index (χ0) is 13.8. The van der Waals surface area contributed by atoms with Crippen LogP contribution in [0.25, 0.3) is 10.6 Å². The van der Waals surface area contributed by atoms with Gasteiger partial charge in [0.25, 0.3) is 0 Å². The lowest BCUT2D eigenvalue weighted by Crippen LogP contribution is -2.20. The number of thiazole rings is 1. The first-order valence-corrected chi connectivity index (χ1v) is 8.97. The summed E-state index contributed by atoms with van der Waals surface area (Å²) in [5.74, 6) is 0. The molecule has 0 amide bonds. The summed E-state index contributed by atoms with van der Waals surface area (Å²) in [6.45, 7) is 1.23. The molecule has 1 atom stereocenters. The van der Waals surface area contributed by atoms with Crippen molar-refractivity contribution < 1.29 is 5.11 Å². The Hall–Kier alpha value is -1.05. The number of aliphatic hydroxyl groups excluding tert-OH is 1. The smallest absolute Gasteiger partial charge is 0.124 e. The molecule has 0 aromatic carbocycles. The molecular formula is C14H14N2OS3. The third-order valence-corrected chi connectivity index (χ3v) is 5.22. The van der Waals surface area contributed by atoms with Crippen LogP contribution >= 0.6 is 34.0 Å². The molecule has 3 heterocycles. The van der Waals surface area contributed by atoms with Crippen molar-refractivity contribution in [2.75, 3.05) is 6.54 Å². The molecule has 3 nitrogen and oxygen atoms in total. The minimum absolute atomic E-state index is 0.448. The maximum absolute atomic E-state index is 9.97. The van der Waals surface area contributed by atoms with Crippen molar-refractivity contribution in [3.05, 3.63) is 50.3 Å². The fourth-order valence-electron chi connectivity index (χ4n) is 1.83. The third-order valence-electron chi connectivity index (χ3n) is 2.89. The largest absolute Gasteiger partial charge is 0.387 e. The monoisotopic (exact) mass is 322 g/mol. The van der Waals surface area contributed by atoms with Crippen LogP contribution < -0.4 is 5.32 Å². The van der Waals surface area contributed by atoms with E-state index in [1.54, 1.807) is 34.0 Å². The summed E-state index contributed by atoms with van der Waals surface area (Å²) in [5, 5.41) is 24.5.